The van der Waals surface area contributed by atoms with Gasteiger partial charge in [-0.1, -0.05) is 30.4 Å². The van der Waals surface area contributed by atoms with Gasteiger partial charge in [-0.3, -0.25) is 24.0 Å². The van der Waals surface area contributed by atoms with Crippen LogP contribution < -0.4 is 19.5 Å². The molecule has 15 nitrogen and oxygen atoms in total. The average molecular weight is 846 g/mol. The van der Waals surface area contributed by atoms with Crippen molar-refractivity contribution in [2.24, 2.45) is 5.92 Å². The summed E-state index contributed by atoms with van der Waals surface area (Å²) < 4.78 is 76.9. The summed E-state index contributed by atoms with van der Waals surface area (Å²) in [5, 5.41) is 14.9. The van der Waals surface area contributed by atoms with Crippen LogP contribution in [0.2, 0.25) is 0 Å². The first kappa shape index (κ1) is 42.5. The average Bonchev–Trinajstić information content (AvgIpc) is 4.04. The number of aromatic nitrogens is 1. The Kier molecular flexibility index (Phi) is 10.9. The topological polar surface area (TPSA) is 194 Å². The number of nitrogens with one attached hydrogen (secondary N) is 2. The number of fused-ring (bicyclic) bond motifs is 5. The summed E-state index contributed by atoms with van der Waals surface area (Å²) in [6, 6.07) is 4.12. The summed E-state index contributed by atoms with van der Waals surface area (Å²) in [4.78, 5) is 63.0. The van der Waals surface area contributed by atoms with E-state index >= 15 is 13.6 Å². The highest BCUT2D eigenvalue weighted by atomic mass is 32.2. The zero-order chi connectivity index (χ0) is 42.9. The van der Waals surface area contributed by atoms with Gasteiger partial charge < -0.3 is 29.5 Å². The number of ether oxygens (including phenoxy) is 3. The van der Waals surface area contributed by atoms with E-state index in [2.05, 4.69) is 15.0 Å². The van der Waals surface area contributed by atoms with Crippen molar-refractivity contribution in [1.82, 2.24) is 24.8 Å². The molecule has 3 N–H and O–H groups in total. The van der Waals surface area contributed by atoms with E-state index in [1.54, 1.807) is 19.1 Å². The molecule has 59 heavy (non-hydrogen) atoms. The van der Waals surface area contributed by atoms with E-state index in [1.807, 2.05) is 24.3 Å². The quantitative estimate of drug-likeness (QED) is 0.312. The Labute approximate surface area is 342 Å². The number of pyridine rings is 1. The first-order chi connectivity index (χ1) is 27.6. The van der Waals surface area contributed by atoms with Crippen molar-refractivity contribution in [3.63, 3.8) is 0 Å². The van der Waals surface area contributed by atoms with Crippen LogP contribution in [0.5, 0.6) is 11.8 Å². The Bertz CT molecular complexity index is 2180. The minimum Gasteiger partial charge on any atom is -0.477 e. The highest BCUT2D eigenvalue weighted by Crippen LogP contribution is 2.48. The third kappa shape index (κ3) is 7.82. The van der Waals surface area contributed by atoms with Crippen LogP contribution in [0.1, 0.15) is 92.1 Å². The number of amides is 4. The predicted molar refractivity (Wildman–Crippen MR) is 211 cm³/mol. The van der Waals surface area contributed by atoms with E-state index in [-0.39, 0.29) is 25.3 Å². The van der Waals surface area contributed by atoms with Crippen LogP contribution in [-0.4, -0.2) is 117 Å². The molecule has 7 atom stereocenters. The number of hydrogen-bond acceptors (Lipinski definition) is 10. The number of benzene rings is 1. The molecule has 2 aromatic rings. The van der Waals surface area contributed by atoms with Gasteiger partial charge >= 0.3 is 6.09 Å². The number of alkyl halides is 2. The Morgan fingerprint density at radius 3 is 2.49 bits per heavy atom. The monoisotopic (exact) mass is 845 g/mol. The molecule has 3 fully saturated rings. The first-order valence-corrected chi connectivity index (χ1v) is 21.7. The van der Waals surface area contributed by atoms with Crippen LogP contribution in [0.25, 0.3) is 10.8 Å². The molecule has 0 unspecified atom stereocenters. The van der Waals surface area contributed by atoms with Crippen LogP contribution >= 0.6 is 0 Å². The van der Waals surface area contributed by atoms with E-state index in [0.717, 1.165) is 42.5 Å². The summed E-state index contributed by atoms with van der Waals surface area (Å²) in [6.07, 6.45) is 1.80. The third-order valence-corrected chi connectivity index (χ3v) is 15.1. The minimum atomic E-state index is -4.10. The van der Waals surface area contributed by atoms with Gasteiger partial charge in [0.2, 0.25) is 33.6 Å². The summed E-state index contributed by atoms with van der Waals surface area (Å²) >= 11 is 0. The van der Waals surface area contributed by atoms with Crippen molar-refractivity contribution in [3.8, 4) is 11.8 Å². The van der Waals surface area contributed by atoms with Crippen molar-refractivity contribution in [1.29, 1.82) is 0 Å². The first-order valence-electron chi connectivity index (χ1n) is 20.2. The molecule has 1 aromatic carbocycles. The van der Waals surface area contributed by atoms with Gasteiger partial charge in [-0.25, -0.2) is 22.0 Å². The Balaban J connectivity index is 1.30. The molecule has 322 valence electrons. The van der Waals surface area contributed by atoms with Crippen molar-refractivity contribution in [2.75, 3.05) is 13.2 Å². The molecule has 2 saturated carbocycles. The number of aryl methyl sites for hydroxylation is 1. The fourth-order valence-electron chi connectivity index (χ4n) is 8.44. The summed E-state index contributed by atoms with van der Waals surface area (Å²) in [6.45, 7) is 7.42. The van der Waals surface area contributed by atoms with Gasteiger partial charge in [0.05, 0.1) is 30.1 Å². The number of sulfonamides is 1. The Morgan fingerprint density at radius 1 is 1.14 bits per heavy atom. The Morgan fingerprint density at radius 2 is 1.83 bits per heavy atom. The molecule has 1 aromatic heterocycles. The number of carbonyl (C=O) groups excluding carboxylic acids is 3. The van der Waals surface area contributed by atoms with Gasteiger partial charge in [-0.2, -0.15) is 4.98 Å². The SMILES string of the molecule is C[C@@H]1CC/C=C\[C@@H]2C[C@@]2(C(=O)NS(=O)(=O)C2(C)CC2)NC(=O)[C@@H]2C[C@@H](Oc3nc4c(c5ccccc35)CCCO4)CN2C(=O)[C@@H](N(C(=O)O)C(C)(C)C(C)(F)F)[C@H](C)O1. The molecule has 4 heterocycles. The van der Waals surface area contributed by atoms with E-state index in [4.69, 9.17) is 14.2 Å². The van der Waals surface area contributed by atoms with Crippen LogP contribution in [0.3, 0.4) is 0 Å². The number of nitrogens with zero attached hydrogens (tertiary/aromatic N) is 3. The Hall–Kier alpha value is -4.58. The molecule has 4 amide bonds. The van der Waals surface area contributed by atoms with Crippen molar-refractivity contribution < 1.29 is 55.7 Å². The lowest BCUT2D eigenvalue weighted by atomic mass is 9.91. The van der Waals surface area contributed by atoms with Crippen LogP contribution in [0.4, 0.5) is 13.6 Å². The van der Waals surface area contributed by atoms with Crippen LogP contribution in [0.15, 0.2) is 36.4 Å². The van der Waals surface area contributed by atoms with Gasteiger partial charge in [0.25, 0.3) is 11.8 Å². The van der Waals surface area contributed by atoms with Gasteiger partial charge in [0.1, 0.15) is 29.3 Å². The standard InChI is InChI=1S/C41H53F2N5O10S/c1-23-12-7-8-13-25-21-41(25,36(51)46-59(54,55)39(5)17-18-39)45-32(49)30-20-26(58-34-29-15-10-9-14-27(29)28-16-11-19-56-33(28)44-34)22-47(30)35(50)31(24(2)57-23)48(37(52)53)38(3,4)40(6,42)43/h8-10,13-15,23-26,30-31H,7,11-12,16-22H2,1-6H3,(H,45,49)(H,46,51)(H,52,53)/b13-8-/t23-,24+,25-,26-,30+,31+,41-/m1/s1. The largest absolute Gasteiger partial charge is 0.477 e. The maximum atomic E-state index is 15.4. The second-order valence-electron chi connectivity index (χ2n) is 17.5. The lowest BCUT2D eigenvalue weighted by Crippen LogP contribution is -2.68. The summed E-state index contributed by atoms with van der Waals surface area (Å²) in [5.41, 5.74) is -3.23. The van der Waals surface area contributed by atoms with Crippen LogP contribution in [-0.2, 0) is 35.6 Å². The zero-order valence-corrected chi connectivity index (χ0v) is 34.9. The third-order valence-electron chi connectivity index (χ3n) is 12.9. The molecule has 0 spiro atoms. The number of halogens is 2. The fraction of sp³-hybridized carbons (Fsp3) is 0.634. The molecule has 1 saturated heterocycles. The number of carbonyl (C=O) groups is 4. The van der Waals surface area contributed by atoms with Gasteiger partial charge in [0, 0.05) is 30.2 Å². The van der Waals surface area contributed by atoms with Crippen molar-refractivity contribution >= 4 is 44.6 Å². The molecule has 18 heteroatoms. The smallest absolute Gasteiger partial charge is 0.408 e. The van der Waals surface area contributed by atoms with E-state index < -0.39 is 91.9 Å². The highest BCUT2D eigenvalue weighted by Gasteiger charge is 2.63. The molecule has 0 radical (unpaired) electrons. The maximum Gasteiger partial charge on any atom is 0.408 e. The normalized spacial score (nSPS) is 30.3. The van der Waals surface area contributed by atoms with E-state index in [9.17, 15) is 27.9 Å². The van der Waals surface area contributed by atoms with Crippen LogP contribution in [0, 0.1) is 5.92 Å². The molecule has 5 aliphatic rings. The zero-order valence-electron chi connectivity index (χ0n) is 34.1. The molecular formula is C41H53F2N5O10S. The summed E-state index contributed by atoms with van der Waals surface area (Å²) in [7, 11) is -4.10. The number of allylic oxidation sites excluding steroid dienone is 1. The van der Waals surface area contributed by atoms with E-state index in [1.165, 1.54) is 13.8 Å². The van der Waals surface area contributed by atoms with Gasteiger partial charge in [-0.05, 0) is 91.0 Å². The number of carboxylic acid groups (broad SMARTS) is 1. The maximum absolute atomic E-state index is 15.4. The molecule has 3 aliphatic heterocycles. The minimum absolute atomic E-state index is 0.0667. The highest BCUT2D eigenvalue weighted by molar-refractivity contribution is 7.91. The van der Waals surface area contributed by atoms with Crippen molar-refractivity contribution in [3.05, 3.63) is 42.0 Å². The lowest BCUT2D eigenvalue weighted by molar-refractivity contribution is -0.164. The predicted octanol–water partition coefficient (Wildman–Crippen LogP) is 4.71. The number of hydrogen-bond donors (Lipinski definition) is 3. The number of rotatable bonds is 8. The molecule has 2 aliphatic carbocycles. The van der Waals surface area contributed by atoms with Crippen molar-refractivity contribution in [2.45, 2.75) is 145 Å². The van der Waals surface area contributed by atoms with Gasteiger partial charge in [0.15, 0.2) is 0 Å². The van der Waals surface area contributed by atoms with E-state index in [0.29, 0.717) is 55.4 Å². The lowest BCUT2D eigenvalue weighted by Gasteiger charge is -2.47. The second kappa shape index (κ2) is 15.2. The fourth-order valence-corrected chi connectivity index (χ4v) is 9.76. The molecular weight excluding hydrogens is 793 g/mol. The molecule has 0 bridgehead atoms. The molecule has 7 rings (SSSR count). The second-order valence-corrected chi connectivity index (χ2v) is 19.7. The van der Waals surface area contributed by atoms with Gasteiger partial charge in [-0.15, -0.1) is 0 Å². The summed E-state index contributed by atoms with van der Waals surface area (Å²) in [5.74, 6) is -6.43.